The van der Waals surface area contributed by atoms with Gasteiger partial charge in [-0.3, -0.25) is 4.79 Å². The number of nitrogens with two attached hydrogens (primary N) is 1. The van der Waals surface area contributed by atoms with Gasteiger partial charge in [0.1, 0.15) is 12.4 Å². The van der Waals surface area contributed by atoms with Crippen molar-refractivity contribution in [2.24, 2.45) is 11.7 Å². The Morgan fingerprint density at radius 1 is 1.39 bits per heavy atom. The summed E-state index contributed by atoms with van der Waals surface area (Å²) >= 11 is 1.66. The van der Waals surface area contributed by atoms with E-state index in [-0.39, 0.29) is 11.9 Å². The Labute approximate surface area is 140 Å². The number of rotatable bonds is 5. The molecule has 1 saturated heterocycles. The summed E-state index contributed by atoms with van der Waals surface area (Å²) in [5.74, 6) is 1.20. The summed E-state index contributed by atoms with van der Waals surface area (Å²) < 4.78 is 5.79. The largest absolute Gasteiger partial charge is 0.488 e. The summed E-state index contributed by atoms with van der Waals surface area (Å²) in [7, 11) is 0. The molecule has 0 aliphatic carbocycles. The van der Waals surface area contributed by atoms with Crippen molar-refractivity contribution < 1.29 is 9.53 Å². The predicted octanol–water partition coefficient (Wildman–Crippen LogP) is 3.14. The molecule has 4 nitrogen and oxygen atoms in total. The van der Waals surface area contributed by atoms with Gasteiger partial charge in [0.2, 0.25) is 0 Å². The molecule has 1 fully saturated rings. The maximum atomic E-state index is 12.7. The van der Waals surface area contributed by atoms with Crippen molar-refractivity contribution >= 4 is 17.2 Å². The van der Waals surface area contributed by atoms with E-state index < -0.39 is 0 Å². The molecule has 3 rings (SSSR count). The first kappa shape index (κ1) is 16.0. The van der Waals surface area contributed by atoms with Gasteiger partial charge < -0.3 is 15.4 Å². The average molecular weight is 330 g/mol. The molecule has 1 amide bonds. The molecule has 1 aromatic heterocycles. The van der Waals surface area contributed by atoms with Crippen LogP contribution in [0.4, 0.5) is 0 Å². The fourth-order valence-electron chi connectivity index (χ4n) is 3.03. The van der Waals surface area contributed by atoms with Crippen molar-refractivity contribution in [2.75, 3.05) is 13.1 Å². The first-order valence-corrected chi connectivity index (χ1v) is 8.81. The molecular formula is C18H22N2O2S. The van der Waals surface area contributed by atoms with E-state index in [4.69, 9.17) is 10.5 Å². The zero-order valence-electron chi connectivity index (χ0n) is 13.3. The van der Waals surface area contributed by atoms with Crippen LogP contribution in [0.3, 0.4) is 0 Å². The predicted molar refractivity (Wildman–Crippen MR) is 92.8 cm³/mol. The van der Waals surface area contributed by atoms with Crippen LogP contribution in [-0.2, 0) is 6.61 Å². The molecule has 0 saturated carbocycles. The smallest absolute Gasteiger partial charge is 0.254 e. The van der Waals surface area contributed by atoms with Crippen LogP contribution in [-0.4, -0.2) is 29.9 Å². The first-order valence-electron chi connectivity index (χ1n) is 7.93. The Kier molecular flexibility index (Phi) is 4.98. The SMILES string of the molecule is CC1CC(CN)CN1C(=O)c1cccc(OCc2cccs2)c1. The Morgan fingerprint density at radius 2 is 2.26 bits per heavy atom. The lowest BCUT2D eigenvalue weighted by Crippen LogP contribution is -2.34. The second kappa shape index (κ2) is 7.15. The molecular weight excluding hydrogens is 308 g/mol. The number of nitrogens with zero attached hydrogens (tertiary/aromatic N) is 1. The molecule has 1 aromatic carbocycles. The van der Waals surface area contributed by atoms with Crippen molar-refractivity contribution in [3.63, 3.8) is 0 Å². The lowest BCUT2D eigenvalue weighted by Gasteiger charge is -2.21. The van der Waals surface area contributed by atoms with Gasteiger partial charge in [0, 0.05) is 23.0 Å². The van der Waals surface area contributed by atoms with Crippen LogP contribution < -0.4 is 10.5 Å². The Hall–Kier alpha value is -1.85. The minimum Gasteiger partial charge on any atom is -0.488 e. The number of benzene rings is 1. The molecule has 2 aromatic rings. The Balaban J connectivity index is 1.68. The highest BCUT2D eigenvalue weighted by Gasteiger charge is 2.32. The van der Waals surface area contributed by atoms with Crippen molar-refractivity contribution in [2.45, 2.75) is 26.0 Å². The molecule has 0 spiro atoms. The highest BCUT2D eigenvalue weighted by molar-refractivity contribution is 7.09. The van der Waals surface area contributed by atoms with Gasteiger partial charge >= 0.3 is 0 Å². The summed E-state index contributed by atoms with van der Waals surface area (Å²) in [4.78, 5) is 15.8. The van der Waals surface area contributed by atoms with Crippen molar-refractivity contribution in [1.82, 2.24) is 4.90 Å². The van der Waals surface area contributed by atoms with E-state index in [9.17, 15) is 4.79 Å². The standard InChI is InChI=1S/C18H22N2O2S/c1-13-8-14(10-19)11-20(13)18(21)15-4-2-5-16(9-15)22-12-17-6-3-7-23-17/h2-7,9,13-14H,8,10-12,19H2,1H3. The third kappa shape index (κ3) is 3.74. The molecule has 2 unspecified atom stereocenters. The van der Waals surface area contributed by atoms with Gasteiger partial charge in [-0.15, -0.1) is 11.3 Å². The van der Waals surface area contributed by atoms with Gasteiger partial charge in [0.25, 0.3) is 5.91 Å². The fraction of sp³-hybridized carbons (Fsp3) is 0.389. The monoisotopic (exact) mass is 330 g/mol. The molecule has 23 heavy (non-hydrogen) atoms. The summed E-state index contributed by atoms with van der Waals surface area (Å²) in [5, 5.41) is 2.03. The van der Waals surface area contributed by atoms with Crippen molar-refractivity contribution in [3.05, 3.63) is 52.2 Å². The summed E-state index contributed by atoms with van der Waals surface area (Å²) in [6, 6.07) is 11.7. The van der Waals surface area contributed by atoms with Crippen LogP contribution in [0.15, 0.2) is 41.8 Å². The van der Waals surface area contributed by atoms with Crippen LogP contribution >= 0.6 is 11.3 Å². The summed E-state index contributed by atoms with van der Waals surface area (Å²) in [6.07, 6.45) is 0.983. The van der Waals surface area contributed by atoms with Crippen LogP contribution in [0.2, 0.25) is 0 Å². The minimum atomic E-state index is 0.0648. The fourth-order valence-corrected chi connectivity index (χ4v) is 3.65. The number of amides is 1. The second-order valence-electron chi connectivity index (χ2n) is 6.04. The van der Waals surface area contributed by atoms with Gasteiger partial charge in [-0.1, -0.05) is 12.1 Å². The highest BCUT2D eigenvalue weighted by atomic mass is 32.1. The average Bonchev–Trinajstić information content (AvgIpc) is 3.22. The summed E-state index contributed by atoms with van der Waals surface area (Å²) in [5.41, 5.74) is 6.43. The number of likely N-dealkylation sites (tertiary alicyclic amines) is 1. The van der Waals surface area contributed by atoms with Crippen molar-refractivity contribution in [3.8, 4) is 5.75 Å². The minimum absolute atomic E-state index is 0.0648. The second-order valence-corrected chi connectivity index (χ2v) is 7.07. The lowest BCUT2D eigenvalue weighted by molar-refractivity contribution is 0.0743. The maximum absolute atomic E-state index is 12.7. The van der Waals surface area contributed by atoms with Crippen LogP contribution in [0.5, 0.6) is 5.75 Å². The third-order valence-electron chi connectivity index (χ3n) is 4.30. The van der Waals surface area contributed by atoms with E-state index in [1.807, 2.05) is 46.7 Å². The molecule has 0 bridgehead atoms. The molecule has 2 heterocycles. The third-order valence-corrected chi connectivity index (χ3v) is 5.15. The first-order chi connectivity index (χ1) is 11.2. The highest BCUT2D eigenvalue weighted by Crippen LogP contribution is 2.25. The van der Waals surface area contributed by atoms with E-state index in [0.717, 1.165) is 18.7 Å². The van der Waals surface area contributed by atoms with Crippen LogP contribution in [0.1, 0.15) is 28.6 Å². The lowest BCUT2D eigenvalue weighted by atomic mass is 10.1. The zero-order chi connectivity index (χ0) is 16.2. The van der Waals surface area contributed by atoms with E-state index in [2.05, 4.69) is 6.92 Å². The molecule has 122 valence electrons. The molecule has 2 N–H and O–H groups in total. The van der Waals surface area contributed by atoms with E-state index in [1.54, 1.807) is 11.3 Å². The number of hydrogen-bond donors (Lipinski definition) is 1. The quantitative estimate of drug-likeness (QED) is 0.916. The number of ether oxygens (including phenoxy) is 1. The van der Waals surface area contributed by atoms with Gasteiger partial charge in [-0.05, 0) is 55.5 Å². The number of carbonyl (C=O) groups excluding carboxylic acids is 1. The van der Waals surface area contributed by atoms with Gasteiger partial charge in [-0.2, -0.15) is 0 Å². The molecule has 1 aliphatic heterocycles. The normalized spacial score (nSPS) is 20.7. The van der Waals surface area contributed by atoms with Gasteiger partial charge in [0.05, 0.1) is 0 Å². The number of thiophene rings is 1. The topological polar surface area (TPSA) is 55.6 Å². The summed E-state index contributed by atoms with van der Waals surface area (Å²) in [6.45, 7) is 4.00. The van der Waals surface area contributed by atoms with E-state index >= 15 is 0 Å². The maximum Gasteiger partial charge on any atom is 0.254 e. The van der Waals surface area contributed by atoms with Crippen LogP contribution in [0, 0.1) is 5.92 Å². The van der Waals surface area contributed by atoms with Gasteiger partial charge in [-0.25, -0.2) is 0 Å². The Bertz CT molecular complexity index is 657. The number of carbonyl (C=O) groups is 1. The van der Waals surface area contributed by atoms with Crippen LogP contribution in [0.25, 0.3) is 0 Å². The zero-order valence-corrected chi connectivity index (χ0v) is 14.1. The van der Waals surface area contributed by atoms with E-state index in [0.29, 0.717) is 24.6 Å². The number of hydrogen-bond acceptors (Lipinski definition) is 4. The molecule has 5 heteroatoms. The molecule has 2 atom stereocenters. The van der Waals surface area contributed by atoms with Gasteiger partial charge in [0.15, 0.2) is 0 Å². The van der Waals surface area contributed by atoms with Crippen molar-refractivity contribution in [1.29, 1.82) is 0 Å². The Morgan fingerprint density at radius 3 is 2.96 bits per heavy atom. The van der Waals surface area contributed by atoms with E-state index in [1.165, 1.54) is 4.88 Å². The molecule has 0 radical (unpaired) electrons. The molecule has 1 aliphatic rings.